The molecule has 0 heterocycles. The SMILES string of the molecule is COCCOc1ccc(C(=O)C=Cc2cccc(C#N)c2)cc1. The molecule has 0 saturated heterocycles. The first-order valence-electron chi connectivity index (χ1n) is 7.17. The maximum Gasteiger partial charge on any atom is 0.185 e. The van der Waals surface area contributed by atoms with E-state index in [0.717, 1.165) is 5.56 Å². The molecule has 0 fully saturated rings. The van der Waals surface area contributed by atoms with E-state index in [1.807, 2.05) is 6.07 Å². The van der Waals surface area contributed by atoms with E-state index >= 15 is 0 Å². The van der Waals surface area contributed by atoms with Crippen molar-refractivity contribution in [3.8, 4) is 11.8 Å². The largest absolute Gasteiger partial charge is 0.491 e. The maximum atomic E-state index is 12.1. The zero-order valence-corrected chi connectivity index (χ0v) is 12.9. The minimum Gasteiger partial charge on any atom is -0.491 e. The number of hydrogen-bond donors (Lipinski definition) is 0. The second-order valence-corrected chi connectivity index (χ2v) is 4.80. The van der Waals surface area contributed by atoms with Gasteiger partial charge in [-0.25, -0.2) is 0 Å². The van der Waals surface area contributed by atoms with Gasteiger partial charge in [0.2, 0.25) is 0 Å². The quantitative estimate of drug-likeness (QED) is 0.446. The van der Waals surface area contributed by atoms with E-state index in [4.69, 9.17) is 14.7 Å². The number of hydrogen-bond acceptors (Lipinski definition) is 4. The Morgan fingerprint density at radius 2 is 1.96 bits per heavy atom. The standard InChI is InChI=1S/C19H17NO3/c1-22-11-12-23-18-8-6-17(7-9-18)19(21)10-5-15-3-2-4-16(13-15)14-20/h2-10,13H,11-12H2,1H3. The molecular weight excluding hydrogens is 290 g/mol. The van der Waals surface area contributed by atoms with Crippen LogP contribution in [-0.2, 0) is 4.74 Å². The van der Waals surface area contributed by atoms with Gasteiger partial charge in [-0.3, -0.25) is 4.79 Å². The summed E-state index contributed by atoms with van der Waals surface area (Å²) in [7, 11) is 1.61. The average Bonchev–Trinajstić information content (AvgIpc) is 2.60. The highest BCUT2D eigenvalue weighted by molar-refractivity contribution is 6.06. The van der Waals surface area contributed by atoms with Gasteiger partial charge in [-0.2, -0.15) is 5.26 Å². The van der Waals surface area contributed by atoms with Crippen LogP contribution < -0.4 is 4.74 Å². The lowest BCUT2D eigenvalue weighted by Crippen LogP contribution is -2.04. The molecule has 0 saturated carbocycles. The van der Waals surface area contributed by atoms with Gasteiger partial charge < -0.3 is 9.47 Å². The number of carbonyl (C=O) groups is 1. The second-order valence-electron chi connectivity index (χ2n) is 4.80. The molecule has 0 N–H and O–H groups in total. The third-order valence-corrected chi connectivity index (χ3v) is 3.14. The van der Waals surface area contributed by atoms with Gasteiger partial charge >= 0.3 is 0 Å². The Hall–Kier alpha value is -2.90. The van der Waals surface area contributed by atoms with Crippen LogP contribution in [0.15, 0.2) is 54.6 Å². The Labute approximate surface area is 135 Å². The maximum absolute atomic E-state index is 12.1. The Bertz CT molecular complexity index is 727. The Morgan fingerprint density at radius 3 is 2.65 bits per heavy atom. The van der Waals surface area contributed by atoms with Gasteiger partial charge in [0, 0.05) is 12.7 Å². The zero-order valence-electron chi connectivity index (χ0n) is 12.9. The van der Waals surface area contributed by atoms with Crippen LogP contribution in [0.5, 0.6) is 5.75 Å². The lowest BCUT2D eigenvalue weighted by atomic mass is 10.1. The molecule has 0 spiro atoms. The first-order valence-corrected chi connectivity index (χ1v) is 7.17. The van der Waals surface area contributed by atoms with Gasteiger partial charge in [-0.05, 0) is 48.0 Å². The summed E-state index contributed by atoms with van der Waals surface area (Å²) >= 11 is 0. The molecule has 0 aliphatic heterocycles. The molecule has 0 aliphatic rings. The van der Waals surface area contributed by atoms with Crippen LogP contribution >= 0.6 is 0 Å². The van der Waals surface area contributed by atoms with Gasteiger partial charge in [0.05, 0.1) is 18.2 Å². The van der Waals surface area contributed by atoms with Crippen molar-refractivity contribution in [1.29, 1.82) is 5.26 Å². The van der Waals surface area contributed by atoms with Crippen molar-refractivity contribution in [3.63, 3.8) is 0 Å². The third-order valence-electron chi connectivity index (χ3n) is 3.14. The Kier molecular flexibility index (Phi) is 6.10. The van der Waals surface area contributed by atoms with E-state index in [2.05, 4.69) is 6.07 Å². The normalized spacial score (nSPS) is 10.4. The lowest BCUT2D eigenvalue weighted by Gasteiger charge is -2.05. The molecule has 23 heavy (non-hydrogen) atoms. The molecule has 0 atom stereocenters. The fourth-order valence-corrected chi connectivity index (χ4v) is 1.94. The van der Waals surface area contributed by atoms with Gasteiger partial charge in [-0.1, -0.05) is 18.2 Å². The molecule has 0 amide bonds. The van der Waals surface area contributed by atoms with E-state index in [0.29, 0.717) is 30.1 Å². The van der Waals surface area contributed by atoms with Crippen molar-refractivity contribution in [1.82, 2.24) is 0 Å². The summed E-state index contributed by atoms with van der Waals surface area (Å²) in [4.78, 5) is 12.1. The summed E-state index contributed by atoms with van der Waals surface area (Å²) in [6.45, 7) is 0.990. The third kappa shape index (κ3) is 5.10. The van der Waals surface area contributed by atoms with Crippen LogP contribution in [-0.4, -0.2) is 26.1 Å². The van der Waals surface area contributed by atoms with Gasteiger partial charge in [0.1, 0.15) is 12.4 Å². The minimum atomic E-state index is -0.101. The lowest BCUT2D eigenvalue weighted by molar-refractivity contribution is 0.104. The summed E-state index contributed by atoms with van der Waals surface area (Å²) < 4.78 is 10.4. The summed E-state index contributed by atoms with van der Waals surface area (Å²) in [6.07, 6.45) is 3.20. The van der Waals surface area contributed by atoms with Crippen LogP contribution in [0.1, 0.15) is 21.5 Å². The number of rotatable bonds is 7. The van der Waals surface area contributed by atoms with Crippen molar-refractivity contribution in [2.24, 2.45) is 0 Å². The van der Waals surface area contributed by atoms with Crippen molar-refractivity contribution >= 4 is 11.9 Å². The van der Waals surface area contributed by atoms with E-state index in [1.165, 1.54) is 6.08 Å². The van der Waals surface area contributed by atoms with Crippen LogP contribution in [0.25, 0.3) is 6.08 Å². The van der Waals surface area contributed by atoms with Crippen molar-refractivity contribution in [3.05, 3.63) is 71.3 Å². The highest BCUT2D eigenvalue weighted by Gasteiger charge is 2.02. The van der Waals surface area contributed by atoms with E-state index < -0.39 is 0 Å². The summed E-state index contributed by atoms with van der Waals surface area (Å²) in [5.74, 6) is 0.597. The fourth-order valence-electron chi connectivity index (χ4n) is 1.94. The average molecular weight is 307 g/mol. The fraction of sp³-hybridized carbons (Fsp3) is 0.158. The first-order chi connectivity index (χ1) is 11.2. The monoisotopic (exact) mass is 307 g/mol. The predicted octanol–water partition coefficient (Wildman–Crippen LogP) is 3.48. The smallest absolute Gasteiger partial charge is 0.185 e. The number of nitrogens with zero attached hydrogens (tertiary/aromatic N) is 1. The Balaban J connectivity index is 2.00. The van der Waals surface area contributed by atoms with Gasteiger partial charge in [-0.15, -0.1) is 0 Å². The molecule has 4 heteroatoms. The molecule has 0 radical (unpaired) electrons. The van der Waals surface area contributed by atoms with Crippen molar-refractivity contribution in [2.45, 2.75) is 0 Å². The predicted molar refractivity (Wildman–Crippen MR) is 88.3 cm³/mol. The molecule has 2 aromatic carbocycles. The first kappa shape index (κ1) is 16.5. The molecular formula is C19H17NO3. The zero-order chi connectivity index (χ0) is 16.5. The van der Waals surface area contributed by atoms with Crippen LogP contribution in [0.3, 0.4) is 0 Å². The number of ketones is 1. The number of ether oxygens (including phenoxy) is 2. The molecule has 2 rings (SSSR count). The highest BCUT2D eigenvalue weighted by atomic mass is 16.5. The number of methoxy groups -OCH3 is 1. The number of nitriles is 1. The molecule has 116 valence electrons. The highest BCUT2D eigenvalue weighted by Crippen LogP contribution is 2.14. The van der Waals surface area contributed by atoms with Crippen molar-refractivity contribution < 1.29 is 14.3 Å². The molecule has 0 bridgehead atoms. The summed E-state index contributed by atoms with van der Waals surface area (Å²) in [6, 6.07) is 16.1. The molecule has 0 unspecified atom stereocenters. The van der Waals surface area contributed by atoms with Crippen LogP contribution in [0, 0.1) is 11.3 Å². The van der Waals surface area contributed by atoms with Crippen LogP contribution in [0.4, 0.5) is 0 Å². The molecule has 0 aromatic heterocycles. The van der Waals surface area contributed by atoms with Gasteiger partial charge in [0.15, 0.2) is 5.78 Å². The number of allylic oxidation sites excluding steroid dienone is 1. The number of carbonyl (C=O) groups excluding carboxylic acids is 1. The number of benzene rings is 2. The van der Waals surface area contributed by atoms with Crippen LogP contribution in [0.2, 0.25) is 0 Å². The second kappa shape index (κ2) is 8.52. The topological polar surface area (TPSA) is 59.3 Å². The summed E-state index contributed by atoms with van der Waals surface area (Å²) in [5, 5.41) is 8.86. The minimum absolute atomic E-state index is 0.101. The molecule has 4 nitrogen and oxygen atoms in total. The molecule has 0 aliphatic carbocycles. The molecule has 2 aromatic rings. The van der Waals surface area contributed by atoms with E-state index in [9.17, 15) is 4.79 Å². The van der Waals surface area contributed by atoms with Crippen molar-refractivity contribution in [2.75, 3.05) is 20.3 Å². The van der Waals surface area contributed by atoms with E-state index in [-0.39, 0.29) is 5.78 Å². The Morgan fingerprint density at radius 1 is 1.17 bits per heavy atom. The van der Waals surface area contributed by atoms with E-state index in [1.54, 1.807) is 55.7 Å². The summed E-state index contributed by atoms with van der Waals surface area (Å²) in [5.41, 5.74) is 1.96. The van der Waals surface area contributed by atoms with Gasteiger partial charge in [0.25, 0.3) is 0 Å².